The van der Waals surface area contributed by atoms with Crippen molar-refractivity contribution < 1.29 is 4.79 Å². The highest BCUT2D eigenvalue weighted by atomic mass is 16.2. The van der Waals surface area contributed by atoms with Crippen LogP contribution in [0.15, 0.2) is 42.7 Å². The van der Waals surface area contributed by atoms with Crippen molar-refractivity contribution in [1.29, 1.82) is 0 Å². The number of amides is 1. The summed E-state index contributed by atoms with van der Waals surface area (Å²) in [4.78, 5) is 12.8. The van der Waals surface area contributed by atoms with Crippen molar-refractivity contribution in [2.24, 2.45) is 0 Å². The van der Waals surface area contributed by atoms with Gasteiger partial charge in [-0.3, -0.25) is 4.79 Å². The van der Waals surface area contributed by atoms with Crippen LogP contribution in [0, 0.1) is 0 Å². The first kappa shape index (κ1) is 11.4. The molecule has 0 fully saturated rings. The molecule has 0 bridgehead atoms. The van der Waals surface area contributed by atoms with E-state index in [4.69, 9.17) is 0 Å². The van der Waals surface area contributed by atoms with Gasteiger partial charge in [0.05, 0.1) is 11.9 Å². The molecule has 1 amide bonds. The molecule has 0 N–H and O–H groups in total. The smallest absolute Gasteiger partial charge is 0.219 e. The predicted octanol–water partition coefficient (Wildman–Crippen LogP) is 1.85. The zero-order chi connectivity index (χ0) is 12.3. The monoisotopic (exact) mass is 229 g/mol. The zero-order valence-electron chi connectivity index (χ0n) is 10.00. The molecule has 0 saturated heterocycles. The molecule has 1 aromatic carbocycles. The van der Waals surface area contributed by atoms with E-state index < -0.39 is 0 Å². The van der Waals surface area contributed by atoms with Crippen LogP contribution < -0.4 is 0 Å². The van der Waals surface area contributed by atoms with Gasteiger partial charge in [0.2, 0.25) is 5.91 Å². The number of para-hydroxylation sites is 1. The molecule has 0 radical (unpaired) electrons. The molecule has 2 aromatic rings. The number of carbonyl (C=O) groups excluding carboxylic acids is 1. The van der Waals surface area contributed by atoms with E-state index in [9.17, 15) is 4.79 Å². The van der Waals surface area contributed by atoms with E-state index in [-0.39, 0.29) is 5.91 Å². The van der Waals surface area contributed by atoms with Gasteiger partial charge in [-0.05, 0) is 12.1 Å². The molecule has 0 aliphatic heterocycles. The summed E-state index contributed by atoms with van der Waals surface area (Å²) in [5.41, 5.74) is 2.04. The Balaban J connectivity index is 2.14. The molecule has 0 aliphatic rings. The van der Waals surface area contributed by atoms with E-state index >= 15 is 0 Å². The van der Waals surface area contributed by atoms with Crippen LogP contribution in [-0.4, -0.2) is 27.6 Å². The second-order valence-corrected chi connectivity index (χ2v) is 4.00. The normalized spacial score (nSPS) is 10.2. The lowest BCUT2D eigenvalue weighted by Gasteiger charge is -2.12. The summed E-state index contributed by atoms with van der Waals surface area (Å²) in [6.07, 6.45) is 3.72. The highest BCUT2D eigenvalue weighted by Crippen LogP contribution is 2.08. The zero-order valence-corrected chi connectivity index (χ0v) is 10.00. The van der Waals surface area contributed by atoms with E-state index in [1.807, 2.05) is 41.2 Å². The largest absolute Gasteiger partial charge is 0.342 e. The van der Waals surface area contributed by atoms with Gasteiger partial charge < -0.3 is 4.90 Å². The van der Waals surface area contributed by atoms with Crippen LogP contribution >= 0.6 is 0 Å². The Morgan fingerprint density at radius 3 is 2.71 bits per heavy atom. The lowest BCUT2D eigenvalue weighted by molar-refractivity contribution is -0.128. The van der Waals surface area contributed by atoms with Crippen LogP contribution in [0.3, 0.4) is 0 Å². The van der Waals surface area contributed by atoms with Gasteiger partial charge in [0.15, 0.2) is 0 Å². The molecule has 0 unspecified atom stereocenters. The number of rotatable bonds is 3. The van der Waals surface area contributed by atoms with Gasteiger partial charge in [0.25, 0.3) is 0 Å². The number of nitrogens with zero attached hydrogens (tertiary/aromatic N) is 3. The van der Waals surface area contributed by atoms with Gasteiger partial charge in [-0.15, -0.1) is 0 Å². The molecule has 0 spiro atoms. The minimum Gasteiger partial charge on any atom is -0.342 e. The predicted molar refractivity (Wildman–Crippen MR) is 65.7 cm³/mol. The van der Waals surface area contributed by atoms with Gasteiger partial charge >= 0.3 is 0 Å². The lowest BCUT2D eigenvalue weighted by Crippen LogP contribution is -2.22. The molecule has 0 atom stereocenters. The highest BCUT2D eigenvalue weighted by molar-refractivity contribution is 5.72. The van der Waals surface area contributed by atoms with Gasteiger partial charge in [-0.2, -0.15) is 5.10 Å². The third-order valence-electron chi connectivity index (χ3n) is 2.61. The summed E-state index contributed by atoms with van der Waals surface area (Å²) in [5.74, 6) is 0.0532. The van der Waals surface area contributed by atoms with Crippen LogP contribution in [-0.2, 0) is 11.3 Å². The molecule has 4 nitrogen and oxygen atoms in total. The van der Waals surface area contributed by atoms with Crippen molar-refractivity contribution in [3.05, 3.63) is 48.3 Å². The second-order valence-electron chi connectivity index (χ2n) is 4.00. The Bertz CT molecular complexity index is 504. The molecule has 1 aromatic heterocycles. The van der Waals surface area contributed by atoms with Crippen LogP contribution in [0.1, 0.15) is 12.5 Å². The van der Waals surface area contributed by atoms with Crippen molar-refractivity contribution in [1.82, 2.24) is 14.7 Å². The fraction of sp³-hybridized carbons (Fsp3) is 0.231. The van der Waals surface area contributed by atoms with Crippen LogP contribution in [0.25, 0.3) is 5.69 Å². The molecular weight excluding hydrogens is 214 g/mol. The van der Waals surface area contributed by atoms with Crippen molar-refractivity contribution in [2.75, 3.05) is 7.05 Å². The molecule has 0 aliphatic carbocycles. The SMILES string of the molecule is CC(=O)N(C)Cc1cnn(-c2ccccc2)c1. The number of carbonyl (C=O) groups is 1. The Kier molecular flexibility index (Phi) is 3.23. The molecule has 0 saturated carbocycles. The van der Waals surface area contributed by atoms with E-state index in [1.54, 1.807) is 25.1 Å². The topological polar surface area (TPSA) is 38.1 Å². The van der Waals surface area contributed by atoms with Crippen molar-refractivity contribution in [3.8, 4) is 5.69 Å². The Morgan fingerprint density at radius 2 is 2.06 bits per heavy atom. The minimum atomic E-state index is 0.0532. The molecule has 17 heavy (non-hydrogen) atoms. The highest BCUT2D eigenvalue weighted by Gasteiger charge is 2.05. The average Bonchev–Trinajstić information content (AvgIpc) is 2.78. The second kappa shape index (κ2) is 4.82. The van der Waals surface area contributed by atoms with E-state index in [1.165, 1.54) is 0 Å². The van der Waals surface area contributed by atoms with Crippen LogP contribution in [0.2, 0.25) is 0 Å². The number of hydrogen-bond donors (Lipinski definition) is 0. The lowest BCUT2D eigenvalue weighted by atomic mass is 10.3. The van der Waals surface area contributed by atoms with Gasteiger partial charge in [0, 0.05) is 32.3 Å². The van der Waals surface area contributed by atoms with E-state index in [0.29, 0.717) is 6.54 Å². The number of aromatic nitrogens is 2. The summed E-state index contributed by atoms with van der Waals surface area (Å²) >= 11 is 0. The molecule has 2 rings (SSSR count). The standard InChI is InChI=1S/C13H15N3O/c1-11(17)15(2)9-12-8-14-16(10-12)13-6-4-3-5-7-13/h3-8,10H,9H2,1-2H3. The maximum absolute atomic E-state index is 11.1. The average molecular weight is 229 g/mol. The van der Waals surface area contributed by atoms with Gasteiger partial charge in [-0.1, -0.05) is 18.2 Å². The quantitative estimate of drug-likeness (QED) is 0.805. The Morgan fingerprint density at radius 1 is 1.35 bits per heavy atom. The van der Waals surface area contributed by atoms with Crippen LogP contribution in [0.4, 0.5) is 0 Å². The summed E-state index contributed by atoms with van der Waals surface area (Å²) in [7, 11) is 1.78. The minimum absolute atomic E-state index is 0.0532. The summed E-state index contributed by atoms with van der Waals surface area (Å²) < 4.78 is 1.81. The van der Waals surface area contributed by atoms with Crippen molar-refractivity contribution in [2.45, 2.75) is 13.5 Å². The van der Waals surface area contributed by atoms with Gasteiger partial charge in [0.1, 0.15) is 0 Å². The fourth-order valence-corrected chi connectivity index (χ4v) is 1.55. The summed E-state index contributed by atoms with van der Waals surface area (Å²) in [6.45, 7) is 2.14. The first-order chi connectivity index (χ1) is 8.16. The van der Waals surface area contributed by atoms with Crippen molar-refractivity contribution in [3.63, 3.8) is 0 Å². The third kappa shape index (κ3) is 2.72. The number of hydrogen-bond acceptors (Lipinski definition) is 2. The summed E-state index contributed by atoms with van der Waals surface area (Å²) in [6, 6.07) is 9.89. The van der Waals surface area contributed by atoms with E-state index in [0.717, 1.165) is 11.3 Å². The molecule has 88 valence electrons. The summed E-state index contributed by atoms with van der Waals surface area (Å²) in [5, 5.41) is 4.28. The van der Waals surface area contributed by atoms with Gasteiger partial charge in [-0.25, -0.2) is 4.68 Å². The fourth-order valence-electron chi connectivity index (χ4n) is 1.55. The molecule has 1 heterocycles. The Hall–Kier alpha value is -2.10. The maximum atomic E-state index is 11.1. The molecule has 4 heteroatoms. The van der Waals surface area contributed by atoms with E-state index in [2.05, 4.69) is 5.10 Å². The first-order valence-corrected chi connectivity index (χ1v) is 5.47. The maximum Gasteiger partial charge on any atom is 0.219 e. The van der Waals surface area contributed by atoms with Crippen LogP contribution in [0.5, 0.6) is 0 Å². The number of benzene rings is 1. The first-order valence-electron chi connectivity index (χ1n) is 5.47. The van der Waals surface area contributed by atoms with Crippen molar-refractivity contribution >= 4 is 5.91 Å². The molecular formula is C13H15N3O. The third-order valence-corrected chi connectivity index (χ3v) is 2.61. The Labute approximate surface area is 100 Å².